The van der Waals surface area contributed by atoms with Crippen LogP contribution in [0.2, 0.25) is 0 Å². The van der Waals surface area contributed by atoms with Crippen LogP contribution in [-0.4, -0.2) is 62.0 Å². The first-order valence-corrected chi connectivity index (χ1v) is 12.8. The largest absolute Gasteiger partial charge is 0.374 e. The molecule has 4 N–H and O–H groups in total. The average Bonchev–Trinajstić information content (AvgIpc) is 2.96. The van der Waals surface area contributed by atoms with Crippen molar-refractivity contribution in [3.8, 4) is 0 Å². The molecule has 0 aliphatic heterocycles. The molecule has 3 rings (SSSR count). The Morgan fingerprint density at radius 2 is 1.67 bits per heavy atom. The van der Waals surface area contributed by atoms with Gasteiger partial charge in [-0.2, -0.15) is 0 Å². The first kappa shape index (κ1) is 29.5. The molecule has 8 nitrogen and oxygen atoms in total. The zero-order chi connectivity index (χ0) is 28.2. The quantitative estimate of drug-likeness (QED) is 0.312. The molecule has 0 aliphatic rings. The molecule has 0 aliphatic carbocycles. The van der Waals surface area contributed by atoms with Crippen LogP contribution in [0.5, 0.6) is 0 Å². The molecule has 39 heavy (non-hydrogen) atoms. The Balaban J connectivity index is 1.82. The molecule has 2 atom stereocenters. The standard InChI is InChI=1S/C30H35FN4O4/c1-33-29(37)27(18-23-12-6-7-14-25(23)31)35(2)30(38)26(20-39-19-22-9-4-3-5-10-22)34-28(36)24-13-8-11-21(17-24)15-16-32/h3-14,17,26-27H,15-16,18-20,32H2,1-2H3,(H,33,37)(H,34,36). The van der Waals surface area contributed by atoms with Gasteiger partial charge in [0.2, 0.25) is 11.8 Å². The van der Waals surface area contributed by atoms with Crippen molar-refractivity contribution in [2.45, 2.75) is 31.5 Å². The summed E-state index contributed by atoms with van der Waals surface area (Å²) < 4.78 is 20.2. The fourth-order valence-corrected chi connectivity index (χ4v) is 4.16. The summed E-state index contributed by atoms with van der Waals surface area (Å²) >= 11 is 0. The van der Waals surface area contributed by atoms with Gasteiger partial charge in [-0.1, -0.05) is 60.7 Å². The minimum atomic E-state index is -1.10. The van der Waals surface area contributed by atoms with Gasteiger partial charge in [0.1, 0.15) is 17.9 Å². The number of carbonyl (C=O) groups is 3. The molecule has 3 amide bonds. The monoisotopic (exact) mass is 534 g/mol. The zero-order valence-electron chi connectivity index (χ0n) is 22.2. The molecule has 0 fully saturated rings. The van der Waals surface area contributed by atoms with E-state index in [1.54, 1.807) is 36.4 Å². The van der Waals surface area contributed by atoms with E-state index >= 15 is 0 Å². The first-order chi connectivity index (χ1) is 18.8. The van der Waals surface area contributed by atoms with Gasteiger partial charge >= 0.3 is 0 Å². The van der Waals surface area contributed by atoms with Crippen molar-refractivity contribution in [2.24, 2.45) is 5.73 Å². The third kappa shape index (κ3) is 8.46. The van der Waals surface area contributed by atoms with Gasteiger partial charge in [-0.3, -0.25) is 14.4 Å². The number of nitrogens with one attached hydrogen (secondary N) is 2. The maximum atomic E-state index is 14.4. The van der Waals surface area contributed by atoms with Gasteiger partial charge in [0, 0.05) is 26.1 Å². The summed E-state index contributed by atoms with van der Waals surface area (Å²) in [5, 5.41) is 5.31. The smallest absolute Gasteiger partial charge is 0.252 e. The lowest BCUT2D eigenvalue weighted by atomic mass is 10.0. The van der Waals surface area contributed by atoms with Crippen molar-refractivity contribution < 1.29 is 23.5 Å². The zero-order valence-corrected chi connectivity index (χ0v) is 22.2. The Hall–Kier alpha value is -4.08. The lowest BCUT2D eigenvalue weighted by Gasteiger charge is -2.31. The molecule has 9 heteroatoms. The Kier molecular flexibility index (Phi) is 11.1. The van der Waals surface area contributed by atoms with Gasteiger partial charge in [-0.25, -0.2) is 4.39 Å². The summed E-state index contributed by atoms with van der Waals surface area (Å²) in [4.78, 5) is 40.9. The number of hydrogen-bond acceptors (Lipinski definition) is 5. The minimum Gasteiger partial charge on any atom is -0.374 e. The van der Waals surface area contributed by atoms with Crippen molar-refractivity contribution in [3.63, 3.8) is 0 Å². The van der Waals surface area contributed by atoms with Crippen LogP contribution in [0, 0.1) is 5.82 Å². The molecule has 0 saturated heterocycles. The second-order valence-electron chi connectivity index (χ2n) is 9.14. The molecular formula is C30H35FN4O4. The summed E-state index contributed by atoms with van der Waals surface area (Å²) in [7, 11) is 2.91. The van der Waals surface area contributed by atoms with Gasteiger partial charge in [0.15, 0.2) is 0 Å². The maximum absolute atomic E-state index is 14.4. The van der Waals surface area contributed by atoms with Crippen LogP contribution in [-0.2, 0) is 33.8 Å². The van der Waals surface area contributed by atoms with Crippen molar-refractivity contribution >= 4 is 17.7 Å². The molecule has 0 radical (unpaired) electrons. The highest BCUT2D eigenvalue weighted by molar-refractivity contribution is 5.98. The van der Waals surface area contributed by atoms with Crippen molar-refractivity contribution in [1.82, 2.24) is 15.5 Å². The van der Waals surface area contributed by atoms with E-state index in [9.17, 15) is 18.8 Å². The Morgan fingerprint density at radius 1 is 0.974 bits per heavy atom. The van der Waals surface area contributed by atoms with E-state index in [4.69, 9.17) is 10.5 Å². The average molecular weight is 535 g/mol. The molecule has 2 unspecified atom stereocenters. The summed E-state index contributed by atoms with van der Waals surface area (Å²) in [6, 6.07) is 20.4. The third-order valence-electron chi connectivity index (χ3n) is 6.36. The van der Waals surface area contributed by atoms with Crippen molar-refractivity contribution in [1.29, 1.82) is 0 Å². The molecule has 3 aromatic carbocycles. The van der Waals surface area contributed by atoms with E-state index in [1.165, 1.54) is 25.1 Å². The molecule has 3 aromatic rings. The van der Waals surface area contributed by atoms with E-state index in [2.05, 4.69) is 10.6 Å². The Bertz CT molecular complexity index is 1250. The maximum Gasteiger partial charge on any atom is 0.252 e. The number of benzene rings is 3. The number of carbonyl (C=O) groups excluding carboxylic acids is 3. The lowest BCUT2D eigenvalue weighted by Crippen LogP contribution is -2.56. The Morgan fingerprint density at radius 3 is 2.36 bits per heavy atom. The van der Waals surface area contributed by atoms with Crippen LogP contribution < -0.4 is 16.4 Å². The first-order valence-electron chi connectivity index (χ1n) is 12.8. The minimum absolute atomic E-state index is 0.0404. The highest BCUT2D eigenvalue weighted by atomic mass is 19.1. The van der Waals surface area contributed by atoms with Crippen LogP contribution in [0.25, 0.3) is 0 Å². The third-order valence-corrected chi connectivity index (χ3v) is 6.36. The summed E-state index contributed by atoms with van der Waals surface area (Å²) in [5.74, 6) is -1.94. The molecule has 0 bridgehead atoms. The number of halogens is 1. The fourth-order valence-electron chi connectivity index (χ4n) is 4.16. The highest BCUT2D eigenvalue weighted by Crippen LogP contribution is 2.14. The predicted octanol–water partition coefficient (Wildman–Crippen LogP) is 2.46. The van der Waals surface area contributed by atoms with Crippen LogP contribution in [0.3, 0.4) is 0 Å². The SMILES string of the molecule is CNC(=O)C(Cc1ccccc1F)N(C)C(=O)C(COCc1ccccc1)NC(=O)c1cccc(CCN)c1. The van der Waals surface area contributed by atoms with E-state index in [-0.39, 0.29) is 19.6 Å². The second-order valence-corrected chi connectivity index (χ2v) is 9.14. The van der Waals surface area contributed by atoms with Gasteiger partial charge in [-0.15, -0.1) is 0 Å². The van der Waals surface area contributed by atoms with Gasteiger partial charge in [0.05, 0.1) is 13.2 Å². The van der Waals surface area contributed by atoms with Crippen LogP contribution in [0.4, 0.5) is 4.39 Å². The second kappa shape index (κ2) is 14.8. The topological polar surface area (TPSA) is 114 Å². The van der Waals surface area contributed by atoms with E-state index in [0.29, 0.717) is 24.1 Å². The van der Waals surface area contributed by atoms with Crippen LogP contribution >= 0.6 is 0 Å². The molecule has 0 heterocycles. The molecular weight excluding hydrogens is 499 g/mol. The van der Waals surface area contributed by atoms with Crippen molar-refractivity contribution in [3.05, 3.63) is 107 Å². The number of rotatable bonds is 13. The van der Waals surface area contributed by atoms with Crippen LogP contribution in [0.15, 0.2) is 78.9 Å². The Labute approximate surface area is 228 Å². The number of nitrogens with two attached hydrogens (primary N) is 1. The number of hydrogen-bond donors (Lipinski definition) is 3. The van der Waals surface area contributed by atoms with Gasteiger partial charge in [-0.05, 0) is 47.9 Å². The van der Waals surface area contributed by atoms with Crippen LogP contribution in [0.1, 0.15) is 27.0 Å². The number of amides is 3. The molecule has 0 saturated carbocycles. The lowest BCUT2D eigenvalue weighted by molar-refractivity contribution is -0.141. The molecule has 0 spiro atoms. The summed E-state index contributed by atoms with van der Waals surface area (Å²) in [5.41, 5.74) is 8.12. The van der Waals surface area contributed by atoms with Gasteiger partial charge < -0.3 is 26.0 Å². The number of nitrogens with zero attached hydrogens (tertiary/aromatic N) is 1. The summed E-state index contributed by atoms with van der Waals surface area (Å²) in [6.45, 7) is 0.532. The summed E-state index contributed by atoms with van der Waals surface area (Å²) in [6.07, 6.45) is 0.567. The van der Waals surface area contributed by atoms with Crippen molar-refractivity contribution in [2.75, 3.05) is 27.2 Å². The number of ether oxygens (including phenoxy) is 1. The molecule has 0 aromatic heterocycles. The predicted molar refractivity (Wildman–Crippen MR) is 147 cm³/mol. The van der Waals surface area contributed by atoms with E-state index in [0.717, 1.165) is 11.1 Å². The number of likely N-dealkylation sites (N-methyl/N-ethyl adjacent to an activating group) is 2. The highest BCUT2D eigenvalue weighted by Gasteiger charge is 2.33. The van der Waals surface area contributed by atoms with E-state index in [1.807, 2.05) is 36.4 Å². The molecule has 206 valence electrons. The van der Waals surface area contributed by atoms with Gasteiger partial charge in [0.25, 0.3) is 5.91 Å². The normalized spacial score (nSPS) is 12.3. The fraction of sp³-hybridized carbons (Fsp3) is 0.300. The van der Waals surface area contributed by atoms with E-state index < -0.39 is 35.6 Å².